The molecule has 0 aliphatic carbocycles. The molecule has 0 bridgehead atoms. The van der Waals surface area contributed by atoms with Crippen LogP contribution in [0.3, 0.4) is 0 Å². The molecule has 2 N–H and O–H groups in total. The zero-order chi connectivity index (χ0) is 32.1. The minimum atomic E-state index is -0.993. The van der Waals surface area contributed by atoms with E-state index >= 15 is 4.39 Å². The van der Waals surface area contributed by atoms with Crippen LogP contribution < -0.4 is 9.64 Å². The average Bonchev–Trinajstić information content (AvgIpc) is 2.99. The Hall–Kier alpha value is -4.14. The van der Waals surface area contributed by atoms with Gasteiger partial charge in [-0.3, -0.25) is 9.37 Å². The largest absolute Gasteiger partial charge is 0.508 e. The number of alkyl halides is 1. The molecule has 2 aliphatic rings. The molecule has 8 nitrogen and oxygen atoms in total. The topological polar surface area (TPSA) is 94.8 Å². The lowest BCUT2D eigenvalue weighted by Crippen LogP contribution is -2.49. The second-order valence-electron chi connectivity index (χ2n) is 13.0. The number of piperidine rings is 2. The van der Waals surface area contributed by atoms with Crippen LogP contribution in [0.5, 0.6) is 11.8 Å². The van der Waals surface area contributed by atoms with Gasteiger partial charge >= 0.3 is 6.01 Å². The number of ether oxygens (including phenoxy) is 1. The number of aromatic hydroxyl groups is 1. The summed E-state index contributed by atoms with van der Waals surface area (Å²) >= 11 is 0. The number of nitrogens with zero attached hydrogens (tertiary/aromatic N) is 5. The Morgan fingerprint density at radius 2 is 1.96 bits per heavy atom. The molecule has 2 aromatic heterocycles. The van der Waals surface area contributed by atoms with E-state index in [4.69, 9.17) is 11.2 Å². The molecule has 0 radical (unpaired) electrons. The number of β-amino-alcohol motifs (C(OH)–C–C–N with tert-alkyl or cyclic N) is 1. The minimum absolute atomic E-state index is 0.0835. The van der Waals surface area contributed by atoms with Gasteiger partial charge in [-0.25, -0.2) is 8.78 Å². The van der Waals surface area contributed by atoms with Crippen molar-refractivity contribution in [2.75, 3.05) is 51.4 Å². The number of terminal acetylenes is 1. The minimum Gasteiger partial charge on any atom is -0.508 e. The van der Waals surface area contributed by atoms with Crippen molar-refractivity contribution in [2.45, 2.75) is 38.7 Å². The summed E-state index contributed by atoms with van der Waals surface area (Å²) in [5, 5.41) is 22.3. The van der Waals surface area contributed by atoms with Gasteiger partial charge in [-0.15, -0.1) is 6.42 Å². The molecule has 0 spiro atoms. The second kappa shape index (κ2) is 11.7. The molecule has 1 unspecified atom stereocenters. The quantitative estimate of drug-likeness (QED) is 0.275. The van der Waals surface area contributed by atoms with E-state index in [1.54, 1.807) is 6.92 Å². The van der Waals surface area contributed by atoms with Gasteiger partial charge in [0.1, 0.15) is 28.6 Å². The van der Waals surface area contributed by atoms with Crippen LogP contribution in [0.25, 0.3) is 32.9 Å². The van der Waals surface area contributed by atoms with Crippen molar-refractivity contribution in [3.8, 4) is 35.4 Å². The van der Waals surface area contributed by atoms with Crippen LogP contribution in [0.1, 0.15) is 38.7 Å². The Morgan fingerprint density at radius 3 is 2.69 bits per heavy atom. The van der Waals surface area contributed by atoms with Gasteiger partial charge in [-0.2, -0.15) is 9.97 Å². The SMILES string of the molecule is C#Cc1c(F)ccc2cc(O)cc(-c3ncc4c(N5CCCC(C)(O)C5)nc(OC[C@]5(C)CN(C)CC[C@@H]5CF)nc4c3F)c12. The Kier molecular flexibility index (Phi) is 8.00. The normalized spacial score (nSPS) is 24.2. The van der Waals surface area contributed by atoms with E-state index in [9.17, 15) is 19.0 Å². The third-order valence-corrected chi connectivity index (χ3v) is 9.26. The predicted molar refractivity (Wildman–Crippen MR) is 167 cm³/mol. The third kappa shape index (κ3) is 5.73. The molecule has 3 atom stereocenters. The van der Waals surface area contributed by atoms with Gasteiger partial charge in [-0.1, -0.05) is 18.9 Å². The Labute approximate surface area is 259 Å². The third-order valence-electron chi connectivity index (χ3n) is 9.26. The van der Waals surface area contributed by atoms with Crippen molar-refractivity contribution >= 4 is 27.5 Å². The fraction of sp³-hybridized carbons (Fsp3) is 0.441. The molecule has 2 aromatic carbocycles. The van der Waals surface area contributed by atoms with Crippen molar-refractivity contribution in [1.29, 1.82) is 0 Å². The van der Waals surface area contributed by atoms with Crippen molar-refractivity contribution < 1.29 is 28.1 Å². The number of benzene rings is 2. The van der Waals surface area contributed by atoms with Crippen molar-refractivity contribution in [3.05, 3.63) is 47.7 Å². The number of pyridine rings is 1. The van der Waals surface area contributed by atoms with Gasteiger partial charge in [0.15, 0.2) is 5.82 Å². The van der Waals surface area contributed by atoms with Gasteiger partial charge in [0, 0.05) is 42.2 Å². The lowest BCUT2D eigenvalue weighted by atomic mass is 9.73. The van der Waals surface area contributed by atoms with Gasteiger partial charge < -0.3 is 24.7 Å². The summed E-state index contributed by atoms with van der Waals surface area (Å²) in [4.78, 5) is 17.6. The fourth-order valence-electron chi connectivity index (χ4n) is 6.87. The maximum absolute atomic E-state index is 16.7. The number of phenols is 1. The van der Waals surface area contributed by atoms with Crippen molar-refractivity contribution in [2.24, 2.45) is 11.3 Å². The average molecular weight is 620 g/mol. The Bertz CT molecular complexity index is 1830. The second-order valence-corrected chi connectivity index (χ2v) is 13.0. The molecule has 4 aromatic rings. The molecular formula is C34H36F3N5O3. The van der Waals surface area contributed by atoms with Gasteiger partial charge in [0.05, 0.1) is 29.8 Å². The Morgan fingerprint density at radius 1 is 1.16 bits per heavy atom. The van der Waals surface area contributed by atoms with Crippen LogP contribution in [0.4, 0.5) is 19.0 Å². The molecule has 0 saturated carbocycles. The molecule has 0 amide bonds. The molecule has 2 fully saturated rings. The smallest absolute Gasteiger partial charge is 0.319 e. The molecule has 2 aliphatic heterocycles. The highest BCUT2D eigenvalue weighted by Crippen LogP contribution is 2.40. The molecular weight excluding hydrogens is 583 g/mol. The standard InChI is InChI=1S/C34H36F3N5O3/c1-5-23-26(36)8-7-20-13-22(43)14-24(27(20)23)29-28(37)30-25(16-38-29)31(42-11-6-10-34(3,44)18-42)40-32(39-30)45-19-33(2)17-41(4)12-9-21(33)15-35/h1,7-8,13-14,16,21,43-44H,6,9-12,15,17-19H2,2-4H3/t21-,33+,34?/m1/s1. The van der Waals surface area contributed by atoms with Crippen LogP contribution in [-0.4, -0.2) is 82.2 Å². The fourth-order valence-corrected chi connectivity index (χ4v) is 6.87. The predicted octanol–water partition coefficient (Wildman–Crippen LogP) is 5.47. The molecule has 11 heteroatoms. The highest BCUT2D eigenvalue weighted by molar-refractivity contribution is 6.03. The van der Waals surface area contributed by atoms with Crippen molar-refractivity contribution in [3.63, 3.8) is 0 Å². The molecule has 4 heterocycles. The number of hydrogen-bond acceptors (Lipinski definition) is 8. The summed E-state index contributed by atoms with van der Waals surface area (Å²) < 4.78 is 51.7. The zero-order valence-electron chi connectivity index (χ0n) is 25.6. The number of anilines is 1. The highest BCUT2D eigenvalue weighted by Gasteiger charge is 2.40. The van der Waals surface area contributed by atoms with E-state index in [1.807, 2.05) is 18.9 Å². The lowest BCUT2D eigenvalue weighted by Gasteiger charge is -2.43. The van der Waals surface area contributed by atoms with E-state index < -0.39 is 29.3 Å². The van der Waals surface area contributed by atoms with E-state index in [1.165, 1.54) is 30.5 Å². The lowest BCUT2D eigenvalue weighted by molar-refractivity contribution is 0.000293. The number of phenolic OH excluding ortho intramolecular Hbond substituents is 1. The highest BCUT2D eigenvalue weighted by atomic mass is 19.1. The number of likely N-dealkylation sites (tertiary alicyclic amines) is 1. The zero-order valence-corrected chi connectivity index (χ0v) is 25.6. The van der Waals surface area contributed by atoms with Gasteiger partial charge in [-0.05, 0) is 69.3 Å². The van der Waals surface area contributed by atoms with E-state index in [-0.39, 0.29) is 58.6 Å². The van der Waals surface area contributed by atoms with E-state index in [2.05, 4.69) is 25.8 Å². The molecule has 45 heavy (non-hydrogen) atoms. The number of aromatic nitrogens is 3. The van der Waals surface area contributed by atoms with Crippen LogP contribution in [0.2, 0.25) is 0 Å². The summed E-state index contributed by atoms with van der Waals surface area (Å²) in [6.07, 6.45) is 9.04. The first-order chi connectivity index (χ1) is 21.4. The van der Waals surface area contributed by atoms with E-state index in [0.717, 1.165) is 6.54 Å². The molecule has 236 valence electrons. The van der Waals surface area contributed by atoms with Crippen LogP contribution >= 0.6 is 0 Å². The summed E-state index contributed by atoms with van der Waals surface area (Å²) in [5.41, 5.74) is -1.80. The first-order valence-corrected chi connectivity index (χ1v) is 15.1. The molecule has 6 rings (SSSR count). The summed E-state index contributed by atoms with van der Waals surface area (Å²) in [6, 6.07) is 5.26. The number of hydrogen-bond donors (Lipinski definition) is 2. The van der Waals surface area contributed by atoms with Gasteiger partial charge in [0.25, 0.3) is 0 Å². The van der Waals surface area contributed by atoms with Crippen LogP contribution in [0, 0.1) is 35.3 Å². The summed E-state index contributed by atoms with van der Waals surface area (Å²) in [6.45, 7) is 5.52. The number of rotatable bonds is 6. The van der Waals surface area contributed by atoms with Gasteiger partial charge in [0.2, 0.25) is 0 Å². The maximum atomic E-state index is 16.7. The molecule has 2 saturated heterocycles. The van der Waals surface area contributed by atoms with E-state index in [0.29, 0.717) is 48.9 Å². The number of halogens is 3. The summed E-state index contributed by atoms with van der Waals surface area (Å²) in [5.74, 6) is 0.790. The number of fused-ring (bicyclic) bond motifs is 2. The summed E-state index contributed by atoms with van der Waals surface area (Å²) in [7, 11) is 1.98. The number of aliphatic hydroxyl groups is 1. The van der Waals surface area contributed by atoms with Crippen LogP contribution in [-0.2, 0) is 0 Å². The first-order valence-electron chi connectivity index (χ1n) is 15.1. The van der Waals surface area contributed by atoms with Crippen molar-refractivity contribution in [1.82, 2.24) is 19.9 Å². The monoisotopic (exact) mass is 619 g/mol. The first kappa shape index (κ1) is 30.9. The van der Waals surface area contributed by atoms with Crippen LogP contribution in [0.15, 0.2) is 30.5 Å². The maximum Gasteiger partial charge on any atom is 0.319 e. The Balaban J connectivity index is 1.52.